The van der Waals surface area contributed by atoms with Crippen LogP contribution in [0.2, 0.25) is 0 Å². The highest BCUT2D eigenvalue weighted by molar-refractivity contribution is 7.92. The fraction of sp³-hybridized carbons (Fsp3) is 0.455. The van der Waals surface area contributed by atoms with E-state index in [-0.39, 0.29) is 5.75 Å². The van der Waals surface area contributed by atoms with E-state index in [0.717, 1.165) is 18.9 Å². The van der Waals surface area contributed by atoms with Crippen molar-refractivity contribution in [2.24, 2.45) is 0 Å². The molecule has 94 valence electrons. The number of benzene rings is 1. The standard InChI is InChI=1S/C11H16N2O3S/c1-2-17(14,15)13-10-5-3-9(4-6-10)12-11-7-16-8-11/h3-6,11-13H,2,7-8H2,1H3. The lowest BCUT2D eigenvalue weighted by atomic mass is 10.2. The summed E-state index contributed by atoms with van der Waals surface area (Å²) in [6.07, 6.45) is 0. The normalized spacial score (nSPS) is 16.3. The van der Waals surface area contributed by atoms with Gasteiger partial charge in [0.05, 0.1) is 25.0 Å². The first-order valence-electron chi connectivity index (χ1n) is 5.54. The molecule has 0 aromatic heterocycles. The molecule has 0 spiro atoms. The van der Waals surface area contributed by atoms with Crippen LogP contribution in [0.1, 0.15) is 6.92 Å². The molecule has 0 aliphatic carbocycles. The van der Waals surface area contributed by atoms with Gasteiger partial charge in [0.2, 0.25) is 10.0 Å². The molecule has 2 N–H and O–H groups in total. The Labute approximate surface area is 101 Å². The topological polar surface area (TPSA) is 67.4 Å². The van der Waals surface area contributed by atoms with Gasteiger partial charge in [0.15, 0.2) is 0 Å². The van der Waals surface area contributed by atoms with Gasteiger partial charge in [0.1, 0.15) is 0 Å². The van der Waals surface area contributed by atoms with Gasteiger partial charge in [-0.3, -0.25) is 4.72 Å². The second-order valence-electron chi connectivity index (χ2n) is 3.96. The molecular formula is C11H16N2O3S. The van der Waals surface area contributed by atoms with Gasteiger partial charge in [-0.25, -0.2) is 8.42 Å². The van der Waals surface area contributed by atoms with Crippen LogP contribution in [0.25, 0.3) is 0 Å². The SMILES string of the molecule is CCS(=O)(=O)Nc1ccc(NC2COC2)cc1. The third-order valence-corrected chi connectivity index (χ3v) is 3.85. The van der Waals surface area contributed by atoms with Gasteiger partial charge in [-0.2, -0.15) is 0 Å². The fourth-order valence-electron chi connectivity index (χ4n) is 1.44. The zero-order chi connectivity index (χ0) is 12.3. The number of ether oxygens (including phenoxy) is 1. The average Bonchev–Trinajstić information content (AvgIpc) is 2.25. The molecule has 1 saturated heterocycles. The summed E-state index contributed by atoms with van der Waals surface area (Å²) in [6.45, 7) is 3.06. The van der Waals surface area contributed by atoms with Gasteiger partial charge < -0.3 is 10.1 Å². The minimum Gasteiger partial charge on any atom is -0.378 e. The van der Waals surface area contributed by atoms with Gasteiger partial charge in [-0.05, 0) is 31.2 Å². The van der Waals surface area contributed by atoms with Crippen molar-refractivity contribution in [3.63, 3.8) is 0 Å². The summed E-state index contributed by atoms with van der Waals surface area (Å²) in [4.78, 5) is 0. The summed E-state index contributed by atoms with van der Waals surface area (Å²) in [6, 6.07) is 7.56. The van der Waals surface area contributed by atoms with E-state index in [2.05, 4.69) is 10.0 Å². The third kappa shape index (κ3) is 3.34. The van der Waals surface area contributed by atoms with Crippen molar-refractivity contribution in [1.29, 1.82) is 0 Å². The monoisotopic (exact) mass is 256 g/mol. The molecule has 0 unspecified atom stereocenters. The van der Waals surface area contributed by atoms with Crippen LogP contribution in [-0.4, -0.2) is 33.4 Å². The molecule has 0 saturated carbocycles. The van der Waals surface area contributed by atoms with Crippen molar-refractivity contribution >= 4 is 21.4 Å². The van der Waals surface area contributed by atoms with E-state index < -0.39 is 10.0 Å². The van der Waals surface area contributed by atoms with E-state index >= 15 is 0 Å². The van der Waals surface area contributed by atoms with Crippen molar-refractivity contribution in [3.8, 4) is 0 Å². The van der Waals surface area contributed by atoms with Crippen LogP contribution in [0, 0.1) is 0 Å². The van der Waals surface area contributed by atoms with Crippen molar-refractivity contribution in [2.45, 2.75) is 13.0 Å². The highest BCUT2D eigenvalue weighted by Crippen LogP contribution is 2.17. The second kappa shape index (κ2) is 4.93. The Morgan fingerprint density at radius 2 is 1.82 bits per heavy atom. The Morgan fingerprint density at radius 1 is 1.24 bits per heavy atom. The quantitative estimate of drug-likeness (QED) is 0.832. The minimum atomic E-state index is -3.19. The number of sulfonamides is 1. The maximum absolute atomic E-state index is 11.3. The molecule has 17 heavy (non-hydrogen) atoms. The summed E-state index contributed by atoms with van der Waals surface area (Å²) in [5.74, 6) is 0.0758. The zero-order valence-electron chi connectivity index (χ0n) is 9.64. The predicted octanol–water partition coefficient (Wildman–Crippen LogP) is 1.26. The Hall–Kier alpha value is -1.27. The number of nitrogens with one attached hydrogen (secondary N) is 2. The number of rotatable bonds is 5. The maximum atomic E-state index is 11.3. The number of hydrogen-bond donors (Lipinski definition) is 2. The van der Waals surface area contributed by atoms with E-state index in [4.69, 9.17) is 4.74 Å². The summed E-state index contributed by atoms with van der Waals surface area (Å²) >= 11 is 0. The Kier molecular flexibility index (Phi) is 3.54. The molecule has 2 rings (SSSR count). The van der Waals surface area contributed by atoms with Crippen LogP contribution >= 0.6 is 0 Å². The van der Waals surface area contributed by atoms with Crippen LogP contribution in [0.5, 0.6) is 0 Å². The first kappa shape index (κ1) is 12.2. The summed E-state index contributed by atoms with van der Waals surface area (Å²) in [7, 11) is -3.19. The minimum absolute atomic E-state index is 0.0758. The smallest absolute Gasteiger partial charge is 0.232 e. The lowest BCUT2D eigenvalue weighted by Gasteiger charge is -2.27. The van der Waals surface area contributed by atoms with Gasteiger partial charge in [0, 0.05) is 11.4 Å². The van der Waals surface area contributed by atoms with E-state index in [1.807, 2.05) is 12.1 Å². The summed E-state index contributed by atoms with van der Waals surface area (Å²) < 4.78 is 30.2. The van der Waals surface area contributed by atoms with E-state index in [1.165, 1.54) is 0 Å². The number of anilines is 2. The van der Waals surface area contributed by atoms with Crippen molar-refractivity contribution < 1.29 is 13.2 Å². The molecule has 1 aromatic carbocycles. The van der Waals surface area contributed by atoms with Gasteiger partial charge in [-0.15, -0.1) is 0 Å². The Morgan fingerprint density at radius 3 is 2.29 bits per heavy atom. The molecule has 5 nitrogen and oxygen atoms in total. The highest BCUT2D eigenvalue weighted by Gasteiger charge is 2.17. The average molecular weight is 256 g/mol. The van der Waals surface area contributed by atoms with Crippen LogP contribution in [0.3, 0.4) is 0 Å². The van der Waals surface area contributed by atoms with Gasteiger partial charge >= 0.3 is 0 Å². The maximum Gasteiger partial charge on any atom is 0.232 e. The summed E-state index contributed by atoms with van der Waals surface area (Å²) in [5.41, 5.74) is 1.56. The van der Waals surface area contributed by atoms with Gasteiger partial charge in [0.25, 0.3) is 0 Å². The molecule has 1 aliphatic rings. The van der Waals surface area contributed by atoms with Crippen LogP contribution in [-0.2, 0) is 14.8 Å². The molecule has 1 heterocycles. The predicted molar refractivity (Wildman–Crippen MR) is 67.8 cm³/mol. The van der Waals surface area contributed by atoms with Crippen molar-refractivity contribution in [1.82, 2.24) is 0 Å². The molecule has 1 aromatic rings. The van der Waals surface area contributed by atoms with Gasteiger partial charge in [-0.1, -0.05) is 0 Å². The van der Waals surface area contributed by atoms with Crippen LogP contribution in [0.4, 0.5) is 11.4 Å². The Balaban J connectivity index is 1.97. The molecule has 0 radical (unpaired) electrons. The highest BCUT2D eigenvalue weighted by atomic mass is 32.2. The first-order valence-corrected chi connectivity index (χ1v) is 7.19. The molecular weight excluding hydrogens is 240 g/mol. The van der Waals surface area contributed by atoms with Crippen LogP contribution < -0.4 is 10.0 Å². The van der Waals surface area contributed by atoms with Crippen molar-refractivity contribution in [3.05, 3.63) is 24.3 Å². The second-order valence-corrected chi connectivity index (χ2v) is 5.97. The molecule has 1 aliphatic heterocycles. The number of hydrogen-bond acceptors (Lipinski definition) is 4. The third-order valence-electron chi connectivity index (χ3n) is 2.55. The van der Waals surface area contributed by atoms with Crippen LogP contribution in [0.15, 0.2) is 24.3 Å². The lowest BCUT2D eigenvalue weighted by molar-refractivity contribution is 0.0211. The fourth-order valence-corrected chi connectivity index (χ4v) is 2.08. The molecule has 0 bridgehead atoms. The largest absolute Gasteiger partial charge is 0.378 e. The van der Waals surface area contributed by atoms with Crippen molar-refractivity contribution in [2.75, 3.05) is 29.0 Å². The van der Waals surface area contributed by atoms with E-state index in [0.29, 0.717) is 11.7 Å². The first-order chi connectivity index (χ1) is 8.09. The zero-order valence-corrected chi connectivity index (χ0v) is 10.5. The van der Waals surface area contributed by atoms with E-state index in [9.17, 15) is 8.42 Å². The molecule has 1 fully saturated rings. The molecule has 0 atom stereocenters. The lowest BCUT2D eigenvalue weighted by Crippen LogP contribution is -2.40. The Bertz CT molecular complexity index is 466. The molecule has 0 amide bonds. The molecule has 6 heteroatoms. The summed E-state index contributed by atoms with van der Waals surface area (Å²) in [5, 5.41) is 3.28. The van der Waals surface area contributed by atoms with E-state index in [1.54, 1.807) is 19.1 Å².